The number of ether oxygens (including phenoxy) is 3. The maximum absolute atomic E-state index is 11.5. The van der Waals surface area contributed by atoms with Gasteiger partial charge >= 0.3 is 11.9 Å². The van der Waals surface area contributed by atoms with Crippen molar-refractivity contribution in [3.63, 3.8) is 0 Å². The largest absolute Gasteiger partial charge is 0.492 e. The summed E-state index contributed by atoms with van der Waals surface area (Å²) in [7, 11) is 5.97. The Morgan fingerprint density at radius 3 is 1.94 bits per heavy atom. The Hall–Kier alpha value is -1.98. The van der Waals surface area contributed by atoms with E-state index >= 15 is 0 Å². The molecule has 0 unspecified atom stereocenters. The molecule has 0 saturated carbocycles. The van der Waals surface area contributed by atoms with Gasteiger partial charge in [0.05, 0.1) is 20.8 Å². The zero-order valence-corrected chi connectivity index (χ0v) is 11.4. The van der Waals surface area contributed by atoms with Crippen molar-refractivity contribution < 1.29 is 23.8 Å². The third-order valence-corrected chi connectivity index (χ3v) is 1.79. The third-order valence-electron chi connectivity index (χ3n) is 1.79. The van der Waals surface area contributed by atoms with Crippen molar-refractivity contribution in [2.24, 2.45) is 0 Å². The van der Waals surface area contributed by atoms with Gasteiger partial charge in [-0.15, -0.1) is 0 Å². The summed E-state index contributed by atoms with van der Waals surface area (Å²) >= 11 is 0. The Morgan fingerprint density at radius 2 is 1.61 bits per heavy atom. The van der Waals surface area contributed by atoms with E-state index in [0.717, 1.165) is 0 Å². The first-order valence-corrected chi connectivity index (χ1v) is 5.35. The molecule has 0 aliphatic carbocycles. The van der Waals surface area contributed by atoms with Crippen molar-refractivity contribution in [3.8, 4) is 0 Å². The number of carbonyl (C=O) groups excluding carboxylic acids is 2. The highest BCUT2D eigenvalue weighted by Gasteiger charge is 2.20. The molecule has 0 amide bonds. The van der Waals surface area contributed by atoms with E-state index in [1.54, 1.807) is 32.1 Å². The summed E-state index contributed by atoms with van der Waals surface area (Å²) in [5, 5.41) is 0. The molecule has 0 N–H and O–H groups in total. The molecule has 0 aliphatic rings. The van der Waals surface area contributed by atoms with E-state index in [2.05, 4.69) is 9.47 Å². The Bertz CT molecular complexity index is 339. The van der Waals surface area contributed by atoms with Crippen LogP contribution in [0, 0.1) is 0 Å². The van der Waals surface area contributed by atoms with Gasteiger partial charge in [-0.05, 0) is 6.92 Å². The summed E-state index contributed by atoms with van der Waals surface area (Å²) < 4.78 is 14.3. The maximum Gasteiger partial charge on any atom is 0.345 e. The Balaban J connectivity index is 5.33. The lowest BCUT2D eigenvalue weighted by atomic mass is 10.2. The summed E-state index contributed by atoms with van der Waals surface area (Å²) in [6, 6.07) is 0. The number of methoxy groups -OCH3 is 2. The fourth-order valence-corrected chi connectivity index (χ4v) is 1.10. The van der Waals surface area contributed by atoms with Gasteiger partial charge in [-0.3, -0.25) is 0 Å². The van der Waals surface area contributed by atoms with Gasteiger partial charge < -0.3 is 19.1 Å². The van der Waals surface area contributed by atoms with Crippen LogP contribution in [0.25, 0.3) is 0 Å². The number of hydrogen-bond acceptors (Lipinski definition) is 6. The number of esters is 2. The van der Waals surface area contributed by atoms with Crippen LogP contribution >= 0.6 is 0 Å². The van der Waals surface area contributed by atoms with Crippen LogP contribution in [0.15, 0.2) is 23.6 Å². The molecule has 18 heavy (non-hydrogen) atoms. The minimum absolute atomic E-state index is 0.221. The van der Waals surface area contributed by atoms with Crippen LogP contribution in [0.3, 0.4) is 0 Å². The summed E-state index contributed by atoms with van der Waals surface area (Å²) in [6.45, 7) is 2.21. The van der Waals surface area contributed by atoms with Gasteiger partial charge in [-0.1, -0.05) is 0 Å². The van der Waals surface area contributed by atoms with E-state index in [1.807, 2.05) is 0 Å². The summed E-state index contributed by atoms with van der Waals surface area (Å²) in [5.41, 5.74) is -0.221. The van der Waals surface area contributed by atoms with Gasteiger partial charge in [0.2, 0.25) is 0 Å². The molecule has 0 aromatic rings. The minimum Gasteiger partial charge on any atom is -0.492 e. The number of hydrogen-bond donors (Lipinski definition) is 0. The Labute approximate surface area is 107 Å². The molecule has 0 bridgehead atoms. The second kappa shape index (κ2) is 8.16. The van der Waals surface area contributed by atoms with E-state index in [-0.39, 0.29) is 5.57 Å². The van der Waals surface area contributed by atoms with Gasteiger partial charge in [-0.25, -0.2) is 9.59 Å². The van der Waals surface area contributed by atoms with Gasteiger partial charge in [0.1, 0.15) is 11.3 Å². The second-order valence-corrected chi connectivity index (χ2v) is 3.47. The minimum atomic E-state index is -0.772. The second-order valence-electron chi connectivity index (χ2n) is 3.47. The summed E-state index contributed by atoms with van der Waals surface area (Å²) in [5.74, 6) is -1.18. The number of carbonyl (C=O) groups is 2. The molecule has 0 spiro atoms. The molecular weight excluding hydrogens is 238 g/mol. The third kappa shape index (κ3) is 5.38. The van der Waals surface area contributed by atoms with Crippen molar-refractivity contribution in [3.05, 3.63) is 23.6 Å². The standard InChI is InChI=1S/C12H19NO5/c1-6-18-9(8-13(2)3)7-10(11(14)16-4)12(15)17-5/h7-8H,6H2,1-5H3/b9-8+. The Kier molecular flexibility index (Phi) is 7.26. The monoisotopic (exact) mass is 257 g/mol. The normalized spacial score (nSPS) is 10.4. The van der Waals surface area contributed by atoms with Gasteiger partial charge in [0.15, 0.2) is 0 Å². The molecule has 0 rings (SSSR count). The van der Waals surface area contributed by atoms with E-state index < -0.39 is 11.9 Å². The van der Waals surface area contributed by atoms with Crippen molar-refractivity contribution in [2.45, 2.75) is 6.92 Å². The molecule has 6 heteroatoms. The summed E-state index contributed by atoms with van der Waals surface area (Å²) in [4.78, 5) is 24.6. The molecule has 0 heterocycles. The first kappa shape index (κ1) is 16.0. The molecule has 0 fully saturated rings. The van der Waals surface area contributed by atoms with Crippen LogP contribution in [0.1, 0.15) is 6.92 Å². The quantitative estimate of drug-likeness (QED) is 0.174. The van der Waals surface area contributed by atoms with Gasteiger partial charge in [0.25, 0.3) is 0 Å². The fraction of sp³-hybridized carbons (Fsp3) is 0.500. The number of allylic oxidation sites excluding steroid dienone is 1. The highest BCUT2D eigenvalue weighted by molar-refractivity contribution is 6.14. The SMILES string of the molecule is CCO/C(C=C(C(=O)OC)C(=O)OC)=C/N(C)C. The predicted molar refractivity (Wildman–Crippen MR) is 65.5 cm³/mol. The molecule has 0 saturated heterocycles. The topological polar surface area (TPSA) is 65.1 Å². The predicted octanol–water partition coefficient (Wildman–Crippen LogP) is 0.698. The van der Waals surface area contributed by atoms with Crippen LogP contribution in [0.4, 0.5) is 0 Å². The van der Waals surface area contributed by atoms with Crippen LogP contribution in [0.2, 0.25) is 0 Å². The Morgan fingerprint density at radius 1 is 1.11 bits per heavy atom. The van der Waals surface area contributed by atoms with E-state index in [0.29, 0.717) is 12.4 Å². The zero-order chi connectivity index (χ0) is 14.1. The van der Waals surface area contributed by atoms with Crippen LogP contribution in [-0.2, 0) is 23.8 Å². The average molecular weight is 257 g/mol. The molecule has 0 aromatic carbocycles. The van der Waals surface area contributed by atoms with E-state index in [4.69, 9.17) is 4.74 Å². The molecular formula is C12H19NO5. The van der Waals surface area contributed by atoms with Crippen molar-refractivity contribution in [2.75, 3.05) is 34.9 Å². The van der Waals surface area contributed by atoms with Gasteiger partial charge in [-0.2, -0.15) is 0 Å². The first-order valence-electron chi connectivity index (χ1n) is 5.35. The lowest BCUT2D eigenvalue weighted by Gasteiger charge is -2.10. The molecule has 0 aromatic heterocycles. The van der Waals surface area contributed by atoms with Crippen LogP contribution < -0.4 is 0 Å². The number of rotatable bonds is 6. The smallest absolute Gasteiger partial charge is 0.345 e. The van der Waals surface area contributed by atoms with Crippen molar-refractivity contribution >= 4 is 11.9 Å². The fourth-order valence-electron chi connectivity index (χ4n) is 1.10. The molecule has 0 radical (unpaired) electrons. The van der Waals surface area contributed by atoms with E-state index in [1.165, 1.54) is 20.3 Å². The van der Waals surface area contributed by atoms with Crippen molar-refractivity contribution in [1.82, 2.24) is 4.90 Å². The summed E-state index contributed by atoms with van der Waals surface area (Å²) in [6.07, 6.45) is 2.93. The van der Waals surface area contributed by atoms with Gasteiger partial charge in [0, 0.05) is 26.4 Å². The molecule has 102 valence electrons. The van der Waals surface area contributed by atoms with Crippen molar-refractivity contribution in [1.29, 1.82) is 0 Å². The van der Waals surface area contributed by atoms with E-state index in [9.17, 15) is 9.59 Å². The molecule has 0 aliphatic heterocycles. The molecule has 6 nitrogen and oxygen atoms in total. The number of nitrogens with zero attached hydrogens (tertiary/aromatic N) is 1. The zero-order valence-electron chi connectivity index (χ0n) is 11.4. The first-order chi connectivity index (χ1) is 8.46. The van der Waals surface area contributed by atoms with Crippen LogP contribution in [-0.4, -0.2) is 51.8 Å². The lowest BCUT2D eigenvalue weighted by Crippen LogP contribution is -2.16. The highest BCUT2D eigenvalue weighted by atomic mass is 16.5. The highest BCUT2D eigenvalue weighted by Crippen LogP contribution is 2.09. The lowest BCUT2D eigenvalue weighted by molar-refractivity contribution is -0.144. The average Bonchev–Trinajstić information content (AvgIpc) is 2.33. The van der Waals surface area contributed by atoms with Crippen LogP contribution in [0.5, 0.6) is 0 Å². The maximum atomic E-state index is 11.5. The molecule has 0 atom stereocenters.